The minimum absolute atomic E-state index is 0.194. The molecule has 0 bridgehead atoms. The number of rotatable bonds is 5. The largest absolute Gasteiger partial charge is 0.336 e. The summed E-state index contributed by atoms with van der Waals surface area (Å²) in [4.78, 5) is 40.4. The first-order valence-corrected chi connectivity index (χ1v) is 11.7. The van der Waals surface area contributed by atoms with E-state index in [2.05, 4.69) is 5.32 Å². The summed E-state index contributed by atoms with van der Waals surface area (Å²) in [5, 5.41) is 4.61. The fraction of sp³-hybridized carbons (Fsp3) is 0.174. The molecule has 4 aromatic rings. The molecule has 158 valence electrons. The number of aromatic nitrogens is 2. The maximum atomic E-state index is 13.4. The van der Waals surface area contributed by atoms with Gasteiger partial charge in [0.2, 0.25) is 5.91 Å². The zero-order chi connectivity index (χ0) is 22.1. The Kier molecular flexibility index (Phi) is 5.84. The average molecular weight is 452 g/mol. The van der Waals surface area contributed by atoms with Crippen molar-refractivity contribution in [1.29, 1.82) is 0 Å². The molecule has 2 aromatic carbocycles. The van der Waals surface area contributed by atoms with Gasteiger partial charge in [0.15, 0.2) is 0 Å². The molecule has 0 fully saturated rings. The van der Waals surface area contributed by atoms with Crippen LogP contribution in [0.2, 0.25) is 0 Å². The second-order valence-corrected chi connectivity index (χ2v) is 8.94. The van der Waals surface area contributed by atoms with E-state index in [0.717, 1.165) is 16.0 Å². The van der Waals surface area contributed by atoms with E-state index in [-0.39, 0.29) is 18.0 Å². The minimum Gasteiger partial charge on any atom is -0.324 e. The molecule has 0 saturated carbocycles. The first-order chi connectivity index (χ1) is 14.9. The van der Waals surface area contributed by atoms with Gasteiger partial charge in [-0.15, -0.1) is 23.1 Å². The number of hydrogen-bond acceptors (Lipinski definition) is 5. The number of carbonyl (C=O) groups is 1. The van der Waals surface area contributed by atoms with Crippen molar-refractivity contribution in [3.63, 3.8) is 0 Å². The lowest BCUT2D eigenvalue weighted by molar-refractivity contribution is -0.116. The molecule has 0 aliphatic rings. The number of carbonyl (C=O) groups excluding carboxylic acids is 1. The molecule has 2 heterocycles. The second-order valence-electron chi connectivity index (χ2n) is 7.14. The number of amides is 1. The highest BCUT2D eigenvalue weighted by molar-refractivity contribution is 7.98. The molecule has 8 heteroatoms. The van der Waals surface area contributed by atoms with Gasteiger partial charge in [-0.25, -0.2) is 9.36 Å². The van der Waals surface area contributed by atoms with Crippen LogP contribution in [-0.4, -0.2) is 21.3 Å². The SMILES string of the molecule is CSc1cccc(NC(=O)Cn2c(=O)n(-c3cccc(C)c3C)c(=O)c3sccc32)c1. The van der Waals surface area contributed by atoms with E-state index in [9.17, 15) is 14.4 Å². The lowest BCUT2D eigenvalue weighted by Gasteiger charge is -2.15. The van der Waals surface area contributed by atoms with Gasteiger partial charge in [-0.2, -0.15) is 0 Å². The van der Waals surface area contributed by atoms with Crippen LogP contribution in [0.4, 0.5) is 5.69 Å². The van der Waals surface area contributed by atoms with Crippen LogP contribution in [0.1, 0.15) is 11.1 Å². The molecule has 2 aromatic heterocycles. The van der Waals surface area contributed by atoms with Crippen LogP contribution in [0.15, 0.2) is 68.4 Å². The molecule has 1 N–H and O–H groups in total. The fourth-order valence-corrected chi connectivity index (χ4v) is 4.76. The van der Waals surface area contributed by atoms with E-state index in [1.54, 1.807) is 35.3 Å². The van der Waals surface area contributed by atoms with E-state index in [0.29, 0.717) is 21.6 Å². The Labute approximate surface area is 187 Å². The standard InChI is InChI=1S/C23H21N3O3S2/c1-14-6-4-9-18(15(14)2)26-22(28)21-19(10-11-31-21)25(23(26)29)13-20(27)24-16-7-5-8-17(12-16)30-3/h4-12H,13H2,1-3H3,(H,24,27). The zero-order valence-electron chi connectivity index (χ0n) is 17.3. The van der Waals surface area contributed by atoms with Gasteiger partial charge < -0.3 is 5.32 Å². The van der Waals surface area contributed by atoms with Gasteiger partial charge in [0.1, 0.15) is 11.2 Å². The van der Waals surface area contributed by atoms with Crippen molar-refractivity contribution in [3.05, 3.63) is 85.9 Å². The summed E-state index contributed by atoms with van der Waals surface area (Å²) in [6, 6.07) is 14.7. The molecule has 0 radical (unpaired) electrons. The number of aryl methyl sites for hydroxylation is 1. The summed E-state index contributed by atoms with van der Waals surface area (Å²) < 4.78 is 2.98. The van der Waals surface area contributed by atoms with E-state index in [4.69, 9.17) is 0 Å². The summed E-state index contributed by atoms with van der Waals surface area (Å²) in [7, 11) is 0. The van der Waals surface area contributed by atoms with Crippen molar-refractivity contribution >= 4 is 44.9 Å². The van der Waals surface area contributed by atoms with Crippen LogP contribution in [0.25, 0.3) is 15.9 Å². The monoisotopic (exact) mass is 451 g/mol. The quantitative estimate of drug-likeness (QED) is 0.462. The van der Waals surface area contributed by atoms with Gasteiger partial charge in [0, 0.05) is 10.6 Å². The number of nitrogens with zero attached hydrogens (tertiary/aromatic N) is 2. The van der Waals surface area contributed by atoms with Crippen molar-refractivity contribution in [2.75, 3.05) is 11.6 Å². The van der Waals surface area contributed by atoms with Crippen molar-refractivity contribution in [2.24, 2.45) is 0 Å². The highest BCUT2D eigenvalue weighted by Gasteiger charge is 2.19. The van der Waals surface area contributed by atoms with Crippen LogP contribution in [0.5, 0.6) is 0 Å². The lowest BCUT2D eigenvalue weighted by atomic mass is 10.1. The maximum Gasteiger partial charge on any atom is 0.336 e. The molecule has 0 spiro atoms. The first kappa shape index (κ1) is 21.1. The summed E-state index contributed by atoms with van der Waals surface area (Å²) in [5.74, 6) is -0.334. The van der Waals surface area contributed by atoms with Crippen molar-refractivity contribution in [2.45, 2.75) is 25.3 Å². The molecule has 6 nitrogen and oxygen atoms in total. The fourth-order valence-electron chi connectivity index (χ4n) is 3.48. The number of benzene rings is 2. The summed E-state index contributed by atoms with van der Waals surface area (Å²) >= 11 is 2.84. The maximum absolute atomic E-state index is 13.4. The number of hydrogen-bond donors (Lipinski definition) is 1. The third kappa shape index (κ3) is 3.96. The topological polar surface area (TPSA) is 73.1 Å². The van der Waals surface area contributed by atoms with Crippen molar-refractivity contribution in [1.82, 2.24) is 9.13 Å². The second kappa shape index (κ2) is 8.56. The molecular weight excluding hydrogens is 430 g/mol. The van der Waals surface area contributed by atoms with E-state index in [1.165, 1.54) is 20.5 Å². The normalized spacial score (nSPS) is 11.1. The van der Waals surface area contributed by atoms with Gasteiger partial charge in [-0.05, 0) is 66.9 Å². The number of nitrogens with one attached hydrogen (secondary N) is 1. The summed E-state index contributed by atoms with van der Waals surface area (Å²) in [6.07, 6.45) is 1.96. The van der Waals surface area contributed by atoms with Crippen molar-refractivity contribution < 1.29 is 4.79 Å². The van der Waals surface area contributed by atoms with Gasteiger partial charge in [0.05, 0.1) is 11.2 Å². The summed E-state index contributed by atoms with van der Waals surface area (Å²) in [6.45, 7) is 3.62. The summed E-state index contributed by atoms with van der Waals surface area (Å²) in [5.41, 5.74) is 2.59. The first-order valence-electron chi connectivity index (χ1n) is 9.64. The number of thioether (sulfide) groups is 1. The van der Waals surface area contributed by atoms with Crippen LogP contribution < -0.4 is 16.6 Å². The Bertz CT molecular complexity index is 1420. The van der Waals surface area contributed by atoms with E-state index < -0.39 is 5.69 Å². The van der Waals surface area contributed by atoms with Crippen LogP contribution in [0.3, 0.4) is 0 Å². The highest BCUT2D eigenvalue weighted by atomic mass is 32.2. The van der Waals surface area contributed by atoms with Gasteiger partial charge in [0.25, 0.3) is 5.56 Å². The smallest absolute Gasteiger partial charge is 0.324 e. The molecule has 1 amide bonds. The molecule has 0 saturated heterocycles. The van der Waals surface area contributed by atoms with E-state index in [1.807, 2.05) is 50.4 Å². The molecule has 0 aliphatic carbocycles. The van der Waals surface area contributed by atoms with Crippen LogP contribution >= 0.6 is 23.1 Å². The van der Waals surface area contributed by atoms with Crippen molar-refractivity contribution in [3.8, 4) is 5.69 Å². The van der Waals surface area contributed by atoms with Gasteiger partial charge in [-0.3, -0.25) is 14.2 Å². The van der Waals surface area contributed by atoms with Gasteiger partial charge in [-0.1, -0.05) is 18.2 Å². The van der Waals surface area contributed by atoms with Crippen LogP contribution in [-0.2, 0) is 11.3 Å². The Morgan fingerprint density at radius 2 is 1.87 bits per heavy atom. The zero-order valence-corrected chi connectivity index (χ0v) is 19.0. The third-order valence-electron chi connectivity index (χ3n) is 5.23. The third-order valence-corrected chi connectivity index (χ3v) is 6.84. The molecule has 31 heavy (non-hydrogen) atoms. The predicted octanol–water partition coefficient (Wildman–Crippen LogP) is 4.19. The Balaban J connectivity index is 1.80. The Morgan fingerprint density at radius 3 is 2.65 bits per heavy atom. The predicted molar refractivity (Wildman–Crippen MR) is 128 cm³/mol. The number of fused-ring (bicyclic) bond motifs is 1. The Morgan fingerprint density at radius 1 is 1.10 bits per heavy atom. The van der Waals surface area contributed by atoms with E-state index >= 15 is 0 Å². The highest BCUT2D eigenvalue weighted by Crippen LogP contribution is 2.21. The molecule has 0 atom stereocenters. The molecular formula is C23H21N3O3S2. The molecule has 0 aliphatic heterocycles. The Hall–Kier alpha value is -3.10. The minimum atomic E-state index is -0.530. The number of anilines is 1. The molecule has 4 rings (SSSR count). The molecule has 0 unspecified atom stereocenters. The lowest BCUT2D eigenvalue weighted by Crippen LogP contribution is -2.40. The van der Waals surface area contributed by atoms with Crippen LogP contribution in [0, 0.1) is 13.8 Å². The van der Waals surface area contributed by atoms with Gasteiger partial charge >= 0.3 is 5.69 Å². The number of thiophene rings is 1. The average Bonchev–Trinajstić information content (AvgIpc) is 3.24.